The molecule has 0 aliphatic heterocycles. The molecule has 1 N–H and O–H groups in total. The first kappa shape index (κ1) is 16.7. The number of thiazole rings is 1. The fourth-order valence-corrected chi connectivity index (χ4v) is 4.41. The molecule has 0 radical (unpaired) electrons. The third-order valence-electron chi connectivity index (χ3n) is 3.66. The molecule has 0 saturated heterocycles. The van der Waals surface area contributed by atoms with Crippen molar-refractivity contribution in [2.45, 2.75) is 25.7 Å². The van der Waals surface area contributed by atoms with Crippen LogP contribution in [0.25, 0.3) is 11.3 Å². The summed E-state index contributed by atoms with van der Waals surface area (Å²) in [4.78, 5) is 4.70. The molecule has 0 amide bonds. The molecule has 3 aromatic rings. The number of nitrogens with one attached hydrogen (secondary N) is 1. The van der Waals surface area contributed by atoms with Gasteiger partial charge in [-0.25, -0.2) is 13.4 Å². The lowest BCUT2D eigenvalue weighted by Crippen LogP contribution is -2.14. The van der Waals surface area contributed by atoms with Gasteiger partial charge in [-0.2, -0.15) is 0 Å². The number of aryl methyl sites for hydroxylation is 3. The molecule has 0 unspecified atom stereocenters. The van der Waals surface area contributed by atoms with Gasteiger partial charge in [-0.15, -0.1) is 11.3 Å². The Morgan fingerprint density at radius 1 is 1.04 bits per heavy atom. The Bertz CT molecular complexity index is 992. The molecule has 6 heteroatoms. The minimum Gasteiger partial charge on any atom is -0.280 e. The maximum Gasteiger partial charge on any atom is 0.262 e. The smallest absolute Gasteiger partial charge is 0.262 e. The molecule has 124 valence electrons. The Morgan fingerprint density at radius 3 is 2.50 bits per heavy atom. The number of rotatable bonds is 4. The Kier molecular flexibility index (Phi) is 4.43. The Morgan fingerprint density at radius 2 is 1.83 bits per heavy atom. The molecule has 0 spiro atoms. The molecule has 0 aliphatic carbocycles. The van der Waals surface area contributed by atoms with E-state index in [0.717, 1.165) is 21.8 Å². The van der Waals surface area contributed by atoms with Gasteiger partial charge >= 0.3 is 0 Å². The second kappa shape index (κ2) is 6.37. The van der Waals surface area contributed by atoms with Crippen molar-refractivity contribution >= 4 is 27.0 Å². The lowest BCUT2D eigenvalue weighted by Gasteiger charge is -2.12. The third kappa shape index (κ3) is 3.49. The number of hydrogen-bond acceptors (Lipinski definition) is 4. The van der Waals surface area contributed by atoms with Gasteiger partial charge in [0, 0.05) is 16.6 Å². The summed E-state index contributed by atoms with van der Waals surface area (Å²) in [7, 11) is -3.66. The summed E-state index contributed by atoms with van der Waals surface area (Å²) in [5.41, 5.74) is 3.85. The second-order valence-electron chi connectivity index (χ2n) is 5.71. The van der Waals surface area contributed by atoms with E-state index in [1.165, 1.54) is 0 Å². The van der Waals surface area contributed by atoms with E-state index >= 15 is 0 Å². The van der Waals surface area contributed by atoms with Gasteiger partial charge in [0.2, 0.25) is 0 Å². The van der Waals surface area contributed by atoms with Gasteiger partial charge in [0.15, 0.2) is 0 Å². The summed E-state index contributed by atoms with van der Waals surface area (Å²) in [5, 5.41) is 2.89. The molecule has 24 heavy (non-hydrogen) atoms. The van der Waals surface area contributed by atoms with Crippen LogP contribution >= 0.6 is 11.3 Å². The zero-order valence-electron chi connectivity index (χ0n) is 13.7. The van der Waals surface area contributed by atoms with E-state index in [1.54, 1.807) is 36.5 Å². The largest absolute Gasteiger partial charge is 0.280 e. The van der Waals surface area contributed by atoms with Crippen molar-refractivity contribution in [3.8, 4) is 11.3 Å². The van der Waals surface area contributed by atoms with Gasteiger partial charge in [0.1, 0.15) is 0 Å². The number of sulfonamides is 1. The first-order valence-corrected chi connectivity index (χ1v) is 9.84. The van der Waals surface area contributed by atoms with Crippen molar-refractivity contribution in [1.82, 2.24) is 4.98 Å². The van der Waals surface area contributed by atoms with E-state index in [9.17, 15) is 8.42 Å². The lowest BCUT2D eigenvalue weighted by molar-refractivity contribution is 0.600. The fraction of sp³-hybridized carbons (Fsp3) is 0.167. The topological polar surface area (TPSA) is 59.1 Å². The zero-order valence-corrected chi connectivity index (χ0v) is 15.3. The van der Waals surface area contributed by atoms with Crippen LogP contribution in [0.4, 0.5) is 5.69 Å². The van der Waals surface area contributed by atoms with Gasteiger partial charge in [0.25, 0.3) is 10.0 Å². The number of aromatic nitrogens is 1. The Hall–Kier alpha value is -2.18. The van der Waals surface area contributed by atoms with Gasteiger partial charge in [-0.3, -0.25) is 4.72 Å². The van der Waals surface area contributed by atoms with Crippen LogP contribution in [-0.2, 0) is 10.0 Å². The van der Waals surface area contributed by atoms with E-state index in [4.69, 9.17) is 0 Å². The van der Waals surface area contributed by atoms with E-state index < -0.39 is 10.0 Å². The highest BCUT2D eigenvalue weighted by Gasteiger charge is 2.18. The normalized spacial score (nSPS) is 11.5. The van der Waals surface area contributed by atoms with Gasteiger partial charge in [-0.05, 0) is 50.1 Å². The number of anilines is 1. The number of nitrogens with zero attached hydrogens (tertiary/aromatic N) is 1. The maximum atomic E-state index is 12.8. The molecule has 0 atom stereocenters. The van der Waals surface area contributed by atoms with E-state index in [2.05, 4.69) is 9.71 Å². The lowest BCUT2D eigenvalue weighted by atomic mass is 10.1. The molecular formula is C18H18N2O2S2. The minimum atomic E-state index is -3.66. The molecular weight excluding hydrogens is 340 g/mol. The summed E-state index contributed by atoms with van der Waals surface area (Å²) in [6, 6.07) is 12.7. The highest BCUT2D eigenvalue weighted by Crippen LogP contribution is 2.27. The van der Waals surface area contributed by atoms with Gasteiger partial charge in [0.05, 0.1) is 15.6 Å². The summed E-state index contributed by atoms with van der Waals surface area (Å²) in [6.07, 6.45) is 0. The van der Waals surface area contributed by atoms with Crippen molar-refractivity contribution in [2.75, 3.05) is 4.72 Å². The molecule has 2 aromatic carbocycles. The summed E-state index contributed by atoms with van der Waals surface area (Å²) in [6.45, 7) is 5.65. The van der Waals surface area contributed by atoms with Gasteiger partial charge < -0.3 is 0 Å². The van der Waals surface area contributed by atoms with Crippen LogP contribution in [0.2, 0.25) is 0 Å². The average molecular weight is 358 g/mol. The zero-order chi connectivity index (χ0) is 17.3. The van der Waals surface area contributed by atoms with E-state index in [-0.39, 0.29) is 4.90 Å². The fourth-order valence-electron chi connectivity index (χ4n) is 2.46. The highest BCUT2D eigenvalue weighted by atomic mass is 32.2. The Balaban J connectivity index is 2.01. The molecule has 0 fully saturated rings. The van der Waals surface area contributed by atoms with Crippen molar-refractivity contribution in [2.24, 2.45) is 0 Å². The average Bonchev–Trinajstić information content (AvgIpc) is 2.93. The summed E-state index contributed by atoms with van der Waals surface area (Å²) < 4.78 is 28.2. The SMILES string of the molecule is Cc1cccc(NS(=O)(=O)c2cc(-c3csc(C)n3)ccc2C)c1. The van der Waals surface area contributed by atoms with Crippen LogP contribution in [0.5, 0.6) is 0 Å². The van der Waals surface area contributed by atoms with Crippen molar-refractivity contribution < 1.29 is 8.42 Å². The molecule has 1 heterocycles. The van der Waals surface area contributed by atoms with Crippen molar-refractivity contribution in [1.29, 1.82) is 0 Å². The Labute approximate surface area is 146 Å². The van der Waals surface area contributed by atoms with Crippen molar-refractivity contribution in [3.63, 3.8) is 0 Å². The number of benzene rings is 2. The molecule has 0 bridgehead atoms. The highest BCUT2D eigenvalue weighted by molar-refractivity contribution is 7.92. The van der Waals surface area contributed by atoms with Crippen LogP contribution in [0.3, 0.4) is 0 Å². The first-order chi connectivity index (χ1) is 11.3. The first-order valence-electron chi connectivity index (χ1n) is 7.48. The van der Waals surface area contributed by atoms with Crippen molar-refractivity contribution in [3.05, 3.63) is 64.0 Å². The summed E-state index contributed by atoms with van der Waals surface area (Å²) >= 11 is 1.54. The molecule has 1 aromatic heterocycles. The van der Waals surface area contributed by atoms with Crippen LogP contribution in [0.1, 0.15) is 16.1 Å². The quantitative estimate of drug-likeness (QED) is 0.745. The second-order valence-corrected chi connectivity index (χ2v) is 8.42. The monoisotopic (exact) mass is 358 g/mol. The molecule has 0 aliphatic rings. The molecule has 0 saturated carbocycles. The third-order valence-corrected chi connectivity index (χ3v) is 5.96. The van der Waals surface area contributed by atoms with Gasteiger partial charge in [-0.1, -0.05) is 24.3 Å². The van der Waals surface area contributed by atoms with Crippen LogP contribution in [-0.4, -0.2) is 13.4 Å². The van der Waals surface area contributed by atoms with Crippen LogP contribution < -0.4 is 4.72 Å². The molecule has 4 nitrogen and oxygen atoms in total. The van der Waals surface area contributed by atoms with Crippen LogP contribution in [0, 0.1) is 20.8 Å². The van der Waals surface area contributed by atoms with E-state index in [0.29, 0.717) is 11.3 Å². The maximum absolute atomic E-state index is 12.8. The summed E-state index contributed by atoms with van der Waals surface area (Å²) in [5.74, 6) is 0. The van der Waals surface area contributed by atoms with E-state index in [1.807, 2.05) is 43.5 Å². The predicted molar refractivity (Wildman–Crippen MR) is 99.0 cm³/mol. The molecule has 3 rings (SSSR count). The van der Waals surface area contributed by atoms with Crippen LogP contribution in [0.15, 0.2) is 52.7 Å². The predicted octanol–water partition coefficient (Wildman–Crippen LogP) is 4.54. The number of hydrogen-bond donors (Lipinski definition) is 1. The standard InChI is InChI=1S/C18H18N2O2S2/c1-12-5-4-6-16(9-12)20-24(21,22)18-10-15(8-7-13(18)2)17-11-23-14(3)19-17/h4-11,20H,1-3H3. The minimum absolute atomic E-state index is 0.271.